The van der Waals surface area contributed by atoms with Crippen molar-refractivity contribution in [3.05, 3.63) is 0 Å². The van der Waals surface area contributed by atoms with E-state index in [1.165, 1.54) is 4.90 Å². The Morgan fingerprint density at radius 2 is 2.12 bits per heavy atom. The molecule has 2 rings (SSSR count). The largest absolute Gasteiger partial charge is 0.480 e. The van der Waals surface area contributed by atoms with Crippen LogP contribution >= 0.6 is 0 Å². The topological polar surface area (TPSA) is 66.8 Å². The Labute approximate surface area is 94.4 Å². The minimum absolute atomic E-state index is 0.00236. The molecule has 0 aromatic rings. The van der Waals surface area contributed by atoms with Crippen LogP contribution in [0.2, 0.25) is 0 Å². The van der Waals surface area contributed by atoms with Gasteiger partial charge < -0.3 is 14.7 Å². The van der Waals surface area contributed by atoms with Gasteiger partial charge in [-0.1, -0.05) is 0 Å². The molecule has 5 heteroatoms. The number of ether oxygens (including phenoxy) is 1. The number of likely N-dealkylation sites (tertiary alicyclic amines) is 1. The van der Waals surface area contributed by atoms with Crippen LogP contribution in [0.15, 0.2) is 0 Å². The minimum Gasteiger partial charge on any atom is -0.480 e. The summed E-state index contributed by atoms with van der Waals surface area (Å²) in [6.45, 7) is 1.29. The lowest BCUT2D eigenvalue weighted by Gasteiger charge is -2.22. The summed E-state index contributed by atoms with van der Waals surface area (Å²) < 4.78 is 5.38. The second-order valence-corrected chi connectivity index (χ2v) is 4.42. The van der Waals surface area contributed by atoms with Gasteiger partial charge in [0.1, 0.15) is 6.04 Å². The second kappa shape index (κ2) is 4.82. The zero-order chi connectivity index (χ0) is 11.5. The van der Waals surface area contributed by atoms with Gasteiger partial charge in [0, 0.05) is 13.2 Å². The van der Waals surface area contributed by atoms with Crippen LogP contribution in [-0.2, 0) is 14.3 Å². The van der Waals surface area contributed by atoms with Gasteiger partial charge in [0.25, 0.3) is 0 Å². The zero-order valence-electron chi connectivity index (χ0n) is 9.22. The maximum Gasteiger partial charge on any atom is 0.326 e. The van der Waals surface area contributed by atoms with E-state index in [-0.39, 0.29) is 12.0 Å². The molecule has 0 saturated carbocycles. The van der Waals surface area contributed by atoms with Crippen LogP contribution in [-0.4, -0.2) is 47.2 Å². The lowest BCUT2D eigenvalue weighted by Crippen LogP contribution is -2.41. The van der Waals surface area contributed by atoms with Crippen molar-refractivity contribution < 1.29 is 19.4 Å². The van der Waals surface area contributed by atoms with Crippen LogP contribution < -0.4 is 0 Å². The maximum atomic E-state index is 11.9. The molecular weight excluding hydrogens is 210 g/mol. The summed E-state index contributed by atoms with van der Waals surface area (Å²) in [5.41, 5.74) is 0. The summed E-state index contributed by atoms with van der Waals surface area (Å²) >= 11 is 0. The highest BCUT2D eigenvalue weighted by molar-refractivity contribution is 5.84. The normalized spacial score (nSPS) is 29.6. The maximum absolute atomic E-state index is 11.9. The zero-order valence-corrected chi connectivity index (χ0v) is 9.22. The summed E-state index contributed by atoms with van der Waals surface area (Å²) in [4.78, 5) is 24.3. The van der Waals surface area contributed by atoms with E-state index in [1.807, 2.05) is 0 Å². The molecule has 2 saturated heterocycles. The van der Waals surface area contributed by atoms with Crippen molar-refractivity contribution >= 4 is 11.9 Å². The quantitative estimate of drug-likeness (QED) is 0.768. The Kier molecular flexibility index (Phi) is 3.43. The van der Waals surface area contributed by atoms with Crippen molar-refractivity contribution in [2.45, 2.75) is 44.2 Å². The van der Waals surface area contributed by atoms with Crippen LogP contribution in [0.3, 0.4) is 0 Å². The van der Waals surface area contributed by atoms with Crippen molar-refractivity contribution in [3.63, 3.8) is 0 Å². The van der Waals surface area contributed by atoms with E-state index in [1.54, 1.807) is 0 Å². The highest BCUT2D eigenvalue weighted by Crippen LogP contribution is 2.22. The number of aliphatic carboxylic acids is 1. The Balaban J connectivity index is 1.90. The first-order valence-electron chi connectivity index (χ1n) is 5.82. The van der Waals surface area contributed by atoms with E-state index in [9.17, 15) is 9.59 Å². The minimum atomic E-state index is -0.891. The average Bonchev–Trinajstić information content (AvgIpc) is 2.86. The molecule has 2 fully saturated rings. The molecule has 2 aliphatic rings. The molecule has 0 aromatic carbocycles. The summed E-state index contributed by atoms with van der Waals surface area (Å²) in [7, 11) is 0. The van der Waals surface area contributed by atoms with E-state index in [0.717, 1.165) is 25.9 Å². The smallest absolute Gasteiger partial charge is 0.326 e. The number of carbonyl (C=O) groups excluding carboxylic acids is 1. The van der Waals surface area contributed by atoms with Crippen molar-refractivity contribution in [1.29, 1.82) is 0 Å². The average molecular weight is 227 g/mol. The Bertz CT molecular complexity index is 286. The van der Waals surface area contributed by atoms with E-state index in [2.05, 4.69) is 0 Å². The molecule has 2 atom stereocenters. The number of amides is 1. The van der Waals surface area contributed by atoms with Gasteiger partial charge in [0.05, 0.1) is 12.5 Å². The molecule has 2 unspecified atom stereocenters. The summed E-state index contributed by atoms with van der Waals surface area (Å²) in [6.07, 6.45) is 3.62. The summed E-state index contributed by atoms with van der Waals surface area (Å²) in [6, 6.07) is -0.617. The van der Waals surface area contributed by atoms with Gasteiger partial charge in [-0.2, -0.15) is 0 Å². The molecule has 2 aliphatic heterocycles. The van der Waals surface area contributed by atoms with Crippen LogP contribution in [0.25, 0.3) is 0 Å². The molecule has 90 valence electrons. The lowest BCUT2D eigenvalue weighted by molar-refractivity contribution is -0.149. The molecule has 16 heavy (non-hydrogen) atoms. The van der Waals surface area contributed by atoms with Crippen LogP contribution in [0, 0.1) is 0 Å². The molecular formula is C11H17NO4. The van der Waals surface area contributed by atoms with Gasteiger partial charge in [-0.3, -0.25) is 4.79 Å². The number of carboxylic acid groups (broad SMARTS) is 1. The van der Waals surface area contributed by atoms with E-state index < -0.39 is 12.0 Å². The molecule has 0 spiro atoms. The van der Waals surface area contributed by atoms with Gasteiger partial charge in [0.2, 0.25) is 5.91 Å². The van der Waals surface area contributed by atoms with Crippen molar-refractivity contribution in [2.24, 2.45) is 0 Å². The third kappa shape index (κ3) is 2.35. The first-order chi connectivity index (χ1) is 7.68. The molecule has 1 N–H and O–H groups in total. The van der Waals surface area contributed by atoms with Crippen molar-refractivity contribution in [3.8, 4) is 0 Å². The highest BCUT2D eigenvalue weighted by atomic mass is 16.5. The molecule has 0 aliphatic carbocycles. The third-order valence-corrected chi connectivity index (χ3v) is 3.28. The highest BCUT2D eigenvalue weighted by Gasteiger charge is 2.35. The standard InChI is InChI=1S/C11H17NO4/c13-10(7-8-3-2-6-16-8)12-5-1-4-9(12)11(14)15/h8-9H,1-7H2,(H,14,15). The number of hydrogen-bond acceptors (Lipinski definition) is 3. The van der Waals surface area contributed by atoms with E-state index in [0.29, 0.717) is 19.4 Å². The van der Waals surface area contributed by atoms with Crippen LogP contribution in [0.1, 0.15) is 32.1 Å². The molecule has 2 heterocycles. The predicted molar refractivity (Wildman–Crippen MR) is 56.0 cm³/mol. The first kappa shape index (κ1) is 11.4. The number of nitrogens with zero attached hydrogens (tertiary/aromatic N) is 1. The molecule has 1 amide bonds. The Hall–Kier alpha value is -1.10. The fourth-order valence-electron chi connectivity index (χ4n) is 2.44. The van der Waals surface area contributed by atoms with Crippen molar-refractivity contribution in [1.82, 2.24) is 4.90 Å². The number of carbonyl (C=O) groups is 2. The van der Waals surface area contributed by atoms with Gasteiger partial charge in [-0.25, -0.2) is 4.79 Å². The van der Waals surface area contributed by atoms with Gasteiger partial charge in [0.15, 0.2) is 0 Å². The molecule has 0 aromatic heterocycles. The number of rotatable bonds is 3. The number of hydrogen-bond donors (Lipinski definition) is 1. The molecule has 0 radical (unpaired) electrons. The van der Waals surface area contributed by atoms with Crippen LogP contribution in [0.5, 0.6) is 0 Å². The second-order valence-electron chi connectivity index (χ2n) is 4.42. The summed E-state index contributed by atoms with van der Waals surface area (Å²) in [5.74, 6) is -0.963. The van der Waals surface area contributed by atoms with E-state index in [4.69, 9.17) is 9.84 Å². The lowest BCUT2D eigenvalue weighted by atomic mass is 10.1. The number of carboxylic acids is 1. The molecule has 5 nitrogen and oxygen atoms in total. The monoisotopic (exact) mass is 227 g/mol. The fraction of sp³-hybridized carbons (Fsp3) is 0.818. The first-order valence-corrected chi connectivity index (χ1v) is 5.82. The van der Waals surface area contributed by atoms with Crippen molar-refractivity contribution in [2.75, 3.05) is 13.2 Å². The Morgan fingerprint density at radius 1 is 1.31 bits per heavy atom. The predicted octanol–water partition coefficient (Wildman–Crippen LogP) is 0.631. The summed E-state index contributed by atoms with van der Waals surface area (Å²) in [5, 5.41) is 8.97. The van der Waals surface area contributed by atoms with Gasteiger partial charge in [-0.15, -0.1) is 0 Å². The SMILES string of the molecule is O=C(O)C1CCCN1C(=O)CC1CCCO1. The van der Waals surface area contributed by atoms with Crippen LogP contribution in [0.4, 0.5) is 0 Å². The third-order valence-electron chi connectivity index (χ3n) is 3.28. The van der Waals surface area contributed by atoms with Gasteiger partial charge >= 0.3 is 5.97 Å². The van der Waals surface area contributed by atoms with E-state index >= 15 is 0 Å². The van der Waals surface area contributed by atoms with Gasteiger partial charge in [-0.05, 0) is 25.7 Å². The molecule has 0 bridgehead atoms. The Morgan fingerprint density at radius 3 is 2.75 bits per heavy atom. The fourth-order valence-corrected chi connectivity index (χ4v) is 2.44.